The SMILES string of the molecule is O=C(c1cn(Cc2ccccc2Cl)nn1)N1CCN2CCC[C@H]2C1. The number of fused-ring (bicyclic) bond motifs is 1. The zero-order chi connectivity index (χ0) is 16.5. The molecular formula is C17H20ClN5O. The van der Waals surface area contributed by atoms with Gasteiger partial charge in [-0.3, -0.25) is 9.69 Å². The Labute approximate surface area is 146 Å². The Bertz CT molecular complexity index is 746. The largest absolute Gasteiger partial charge is 0.334 e. The lowest BCUT2D eigenvalue weighted by atomic mass is 10.1. The van der Waals surface area contributed by atoms with E-state index in [1.54, 1.807) is 10.9 Å². The van der Waals surface area contributed by atoms with Crippen LogP contribution in [0.3, 0.4) is 0 Å². The molecule has 0 saturated carbocycles. The van der Waals surface area contributed by atoms with Crippen molar-refractivity contribution < 1.29 is 4.79 Å². The van der Waals surface area contributed by atoms with E-state index in [4.69, 9.17) is 11.6 Å². The summed E-state index contributed by atoms with van der Waals surface area (Å²) in [5.74, 6) is -0.0213. The minimum atomic E-state index is -0.0213. The molecule has 126 valence electrons. The van der Waals surface area contributed by atoms with Gasteiger partial charge in [0.25, 0.3) is 5.91 Å². The van der Waals surface area contributed by atoms with Crippen molar-refractivity contribution >= 4 is 17.5 Å². The van der Waals surface area contributed by atoms with Gasteiger partial charge in [0.15, 0.2) is 5.69 Å². The fraction of sp³-hybridized carbons (Fsp3) is 0.471. The second-order valence-corrected chi connectivity index (χ2v) is 6.88. The van der Waals surface area contributed by atoms with Gasteiger partial charge < -0.3 is 4.90 Å². The summed E-state index contributed by atoms with van der Waals surface area (Å²) in [5.41, 5.74) is 1.37. The molecule has 0 spiro atoms. The molecule has 2 saturated heterocycles. The second-order valence-electron chi connectivity index (χ2n) is 6.48. The van der Waals surface area contributed by atoms with Crippen LogP contribution in [-0.4, -0.2) is 62.9 Å². The number of aromatic nitrogens is 3. The number of nitrogens with zero attached hydrogens (tertiary/aromatic N) is 5. The van der Waals surface area contributed by atoms with Gasteiger partial charge in [0.05, 0.1) is 12.7 Å². The maximum absolute atomic E-state index is 12.7. The molecule has 0 radical (unpaired) electrons. The van der Waals surface area contributed by atoms with E-state index in [0.717, 1.165) is 25.2 Å². The van der Waals surface area contributed by atoms with E-state index in [0.29, 0.717) is 23.3 Å². The van der Waals surface area contributed by atoms with Crippen LogP contribution in [0.25, 0.3) is 0 Å². The third kappa shape index (κ3) is 3.03. The predicted octanol–water partition coefficient (Wildman–Crippen LogP) is 1.90. The fourth-order valence-corrected chi connectivity index (χ4v) is 3.81. The lowest BCUT2D eigenvalue weighted by molar-refractivity contribution is 0.0565. The van der Waals surface area contributed by atoms with Crippen molar-refractivity contribution in [3.8, 4) is 0 Å². The fourth-order valence-electron chi connectivity index (χ4n) is 3.61. The number of halogens is 1. The molecule has 3 heterocycles. The minimum Gasteiger partial charge on any atom is -0.334 e. The van der Waals surface area contributed by atoms with Crippen molar-refractivity contribution in [3.63, 3.8) is 0 Å². The monoisotopic (exact) mass is 345 g/mol. The molecule has 24 heavy (non-hydrogen) atoms. The summed E-state index contributed by atoms with van der Waals surface area (Å²) >= 11 is 6.18. The molecule has 0 N–H and O–H groups in total. The second kappa shape index (κ2) is 6.53. The van der Waals surface area contributed by atoms with Crippen molar-refractivity contribution in [3.05, 3.63) is 46.7 Å². The van der Waals surface area contributed by atoms with Crippen molar-refractivity contribution in [2.24, 2.45) is 0 Å². The van der Waals surface area contributed by atoms with Gasteiger partial charge in [0.1, 0.15) is 0 Å². The zero-order valence-electron chi connectivity index (χ0n) is 13.4. The van der Waals surface area contributed by atoms with Crippen LogP contribution in [0.15, 0.2) is 30.5 Å². The van der Waals surface area contributed by atoms with Crippen LogP contribution in [0.1, 0.15) is 28.9 Å². The van der Waals surface area contributed by atoms with Crippen LogP contribution in [0.4, 0.5) is 0 Å². The molecule has 2 fully saturated rings. The van der Waals surface area contributed by atoms with Gasteiger partial charge >= 0.3 is 0 Å². The van der Waals surface area contributed by atoms with Gasteiger partial charge in [-0.15, -0.1) is 5.10 Å². The lowest BCUT2D eigenvalue weighted by Crippen LogP contribution is -2.52. The van der Waals surface area contributed by atoms with E-state index in [-0.39, 0.29) is 5.91 Å². The molecular weight excluding hydrogens is 326 g/mol. The molecule has 2 aliphatic heterocycles. The Morgan fingerprint density at radius 1 is 1.25 bits per heavy atom. The molecule has 2 aliphatic rings. The van der Waals surface area contributed by atoms with E-state index < -0.39 is 0 Å². The predicted molar refractivity (Wildman–Crippen MR) is 91.1 cm³/mol. The summed E-state index contributed by atoms with van der Waals surface area (Å²) < 4.78 is 1.67. The summed E-state index contributed by atoms with van der Waals surface area (Å²) in [7, 11) is 0. The first-order chi connectivity index (χ1) is 11.7. The third-order valence-electron chi connectivity index (χ3n) is 4.92. The van der Waals surface area contributed by atoms with Gasteiger partial charge in [-0.1, -0.05) is 35.0 Å². The molecule has 1 aromatic heterocycles. The summed E-state index contributed by atoms with van der Waals surface area (Å²) in [5, 5.41) is 8.85. The maximum atomic E-state index is 12.7. The van der Waals surface area contributed by atoms with Crippen molar-refractivity contribution in [1.82, 2.24) is 24.8 Å². The Balaban J connectivity index is 1.44. The average Bonchev–Trinajstić information content (AvgIpc) is 3.24. The number of benzene rings is 1. The van der Waals surface area contributed by atoms with E-state index in [1.165, 1.54) is 19.4 Å². The zero-order valence-corrected chi connectivity index (χ0v) is 14.2. The van der Waals surface area contributed by atoms with Crippen LogP contribution in [0, 0.1) is 0 Å². The van der Waals surface area contributed by atoms with Gasteiger partial charge in [-0.05, 0) is 31.0 Å². The highest BCUT2D eigenvalue weighted by atomic mass is 35.5. The summed E-state index contributed by atoms with van der Waals surface area (Å²) in [6, 6.07) is 8.14. The standard InChI is InChI=1S/C17H20ClN5O/c18-15-6-2-1-4-13(15)10-23-12-16(19-20-23)17(24)22-9-8-21-7-3-5-14(21)11-22/h1-2,4,6,12,14H,3,5,7-11H2/t14-/m0/s1. The molecule has 1 aromatic carbocycles. The molecule has 1 atom stereocenters. The van der Waals surface area contributed by atoms with Gasteiger partial charge in [0.2, 0.25) is 0 Å². The van der Waals surface area contributed by atoms with Gasteiger partial charge in [-0.25, -0.2) is 4.68 Å². The van der Waals surface area contributed by atoms with Crippen molar-refractivity contribution in [2.45, 2.75) is 25.4 Å². The minimum absolute atomic E-state index is 0.0213. The van der Waals surface area contributed by atoms with E-state index in [2.05, 4.69) is 15.2 Å². The van der Waals surface area contributed by atoms with E-state index in [9.17, 15) is 4.79 Å². The van der Waals surface area contributed by atoms with Crippen LogP contribution < -0.4 is 0 Å². The number of hydrogen-bond acceptors (Lipinski definition) is 4. The average molecular weight is 346 g/mol. The quantitative estimate of drug-likeness (QED) is 0.852. The smallest absolute Gasteiger partial charge is 0.276 e. The number of amides is 1. The number of rotatable bonds is 3. The van der Waals surface area contributed by atoms with E-state index in [1.807, 2.05) is 29.2 Å². The van der Waals surface area contributed by atoms with Crippen LogP contribution in [0.5, 0.6) is 0 Å². The highest BCUT2D eigenvalue weighted by molar-refractivity contribution is 6.31. The van der Waals surface area contributed by atoms with Crippen LogP contribution in [-0.2, 0) is 6.54 Å². The number of hydrogen-bond donors (Lipinski definition) is 0. The molecule has 6 nitrogen and oxygen atoms in total. The molecule has 2 aromatic rings. The summed E-state index contributed by atoms with van der Waals surface area (Å²) in [4.78, 5) is 17.1. The number of carbonyl (C=O) groups is 1. The van der Waals surface area contributed by atoms with Crippen LogP contribution in [0.2, 0.25) is 5.02 Å². The normalized spacial score (nSPS) is 21.0. The molecule has 0 unspecified atom stereocenters. The number of piperazine rings is 1. The summed E-state index contributed by atoms with van der Waals surface area (Å²) in [6.07, 6.45) is 4.14. The van der Waals surface area contributed by atoms with Gasteiger partial charge in [-0.2, -0.15) is 0 Å². The van der Waals surface area contributed by atoms with Crippen LogP contribution >= 0.6 is 11.6 Å². The first-order valence-corrected chi connectivity index (χ1v) is 8.75. The first kappa shape index (κ1) is 15.6. The topological polar surface area (TPSA) is 54.3 Å². The Kier molecular flexibility index (Phi) is 4.24. The molecule has 1 amide bonds. The molecule has 0 aliphatic carbocycles. The van der Waals surface area contributed by atoms with Crippen molar-refractivity contribution in [2.75, 3.05) is 26.2 Å². The lowest BCUT2D eigenvalue weighted by Gasteiger charge is -2.37. The molecule has 0 bridgehead atoms. The van der Waals surface area contributed by atoms with Gasteiger partial charge in [0, 0.05) is 30.7 Å². The van der Waals surface area contributed by atoms with E-state index >= 15 is 0 Å². The molecule has 7 heteroatoms. The Morgan fingerprint density at radius 3 is 3.00 bits per heavy atom. The number of carbonyl (C=O) groups excluding carboxylic acids is 1. The highest BCUT2D eigenvalue weighted by Gasteiger charge is 2.33. The Hall–Kier alpha value is -1.92. The molecule has 4 rings (SSSR count). The summed E-state index contributed by atoms with van der Waals surface area (Å²) in [6.45, 7) is 4.21. The highest BCUT2D eigenvalue weighted by Crippen LogP contribution is 2.22. The first-order valence-electron chi connectivity index (χ1n) is 8.37. The third-order valence-corrected chi connectivity index (χ3v) is 5.29. The maximum Gasteiger partial charge on any atom is 0.276 e. The van der Waals surface area contributed by atoms with Crippen molar-refractivity contribution in [1.29, 1.82) is 0 Å². The Morgan fingerprint density at radius 2 is 2.12 bits per heavy atom.